The predicted octanol–water partition coefficient (Wildman–Crippen LogP) is 1.83. The van der Waals surface area contributed by atoms with Crippen LogP contribution in [0.5, 0.6) is 0 Å². The van der Waals surface area contributed by atoms with Crippen molar-refractivity contribution in [3.8, 4) is 0 Å². The van der Waals surface area contributed by atoms with Gasteiger partial charge >= 0.3 is 0 Å². The lowest BCUT2D eigenvalue weighted by Crippen LogP contribution is -2.54. The molecular weight excluding hydrogens is 446 g/mol. The molecule has 0 aromatic heterocycles. The number of rotatable bonds is 6. The molecule has 5 unspecified atom stereocenters. The van der Waals surface area contributed by atoms with Gasteiger partial charge in [-0.1, -0.05) is 41.9 Å². The number of fused-ring (bicyclic) bond motifs is 4. The number of benzene rings is 2. The van der Waals surface area contributed by atoms with Gasteiger partial charge in [0.15, 0.2) is 0 Å². The van der Waals surface area contributed by atoms with Crippen molar-refractivity contribution in [2.24, 2.45) is 11.8 Å². The molecule has 3 aliphatic rings. The van der Waals surface area contributed by atoms with Crippen molar-refractivity contribution >= 4 is 35.0 Å². The Morgan fingerprint density at radius 2 is 1.85 bits per heavy atom. The minimum absolute atomic E-state index is 0.196. The van der Waals surface area contributed by atoms with Crippen molar-refractivity contribution in [2.45, 2.75) is 24.1 Å². The minimum Gasteiger partial charge on any atom is -0.387 e. The summed E-state index contributed by atoms with van der Waals surface area (Å²) in [5.41, 5.74) is 0.295. The average Bonchev–Trinajstić information content (AvgIpc) is 3.40. The summed E-state index contributed by atoms with van der Waals surface area (Å²) in [6.45, 7) is 0.595. The Hall–Kier alpha value is -2.78. The molecule has 1 spiro atoms. The van der Waals surface area contributed by atoms with Gasteiger partial charge in [0, 0.05) is 36.5 Å². The van der Waals surface area contributed by atoms with Gasteiger partial charge in [-0.15, -0.1) is 0 Å². The number of amides is 3. The fourth-order valence-electron chi connectivity index (χ4n) is 5.47. The lowest BCUT2D eigenvalue weighted by molar-refractivity contribution is -0.143. The van der Waals surface area contributed by atoms with E-state index in [0.29, 0.717) is 34.9 Å². The fraction of sp³-hybridized carbons (Fsp3) is 0.375. The number of halogens is 1. The first-order chi connectivity index (χ1) is 15.9. The van der Waals surface area contributed by atoms with Crippen molar-refractivity contribution in [1.82, 2.24) is 10.2 Å². The third kappa shape index (κ3) is 3.20. The molecule has 5 atom stereocenters. The van der Waals surface area contributed by atoms with Crippen LogP contribution in [0.15, 0.2) is 48.5 Å². The van der Waals surface area contributed by atoms with E-state index < -0.39 is 41.3 Å². The molecular formula is C24H24ClN3O5. The molecule has 0 bridgehead atoms. The molecule has 2 aromatic rings. The first-order valence-electron chi connectivity index (χ1n) is 10.9. The fourth-order valence-corrected chi connectivity index (χ4v) is 5.60. The SMILES string of the molecule is COCCCN1C(=O)C2C(C(O)c3ccc(Cl)cc3)NC3(C(=O)Nc4ccccc43)C2C1=O. The summed E-state index contributed by atoms with van der Waals surface area (Å²) >= 11 is 5.99. The van der Waals surface area contributed by atoms with E-state index in [1.807, 2.05) is 0 Å². The maximum absolute atomic E-state index is 13.6. The quantitative estimate of drug-likeness (QED) is 0.440. The molecule has 8 nitrogen and oxygen atoms in total. The summed E-state index contributed by atoms with van der Waals surface area (Å²) in [6, 6.07) is 12.9. The molecule has 0 aliphatic carbocycles. The highest BCUT2D eigenvalue weighted by Crippen LogP contribution is 2.54. The number of anilines is 1. The predicted molar refractivity (Wildman–Crippen MR) is 120 cm³/mol. The highest BCUT2D eigenvalue weighted by Gasteiger charge is 2.71. The second-order valence-electron chi connectivity index (χ2n) is 8.65. The zero-order valence-corrected chi connectivity index (χ0v) is 18.7. The first kappa shape index (κ1) is 22.0. The standard InChI is InChI=1S/C24H24ClN3O5/c1-33-12-4-11-28-21(30)17-18(22(28)31)24(15-5-2-3-6-16(15)26-23(24)32)27-19(17)20(29)13-7-9-14(25)10-8-13/h2-3,5-10,17-20,27,29H,4,11-12H2,1H3,(H,26,32). The van der Waals surface area contributed by atoms with Crippen molar-refractivity contribution in [3.63, 3.8) is 0 Å². The summed E-state index contributed by atoms with van der Waals surface area (Å²) in [6.07, 6.45) is -0.647. The Bertz CT molecular complexity index is 1120. The summed E-state index contributed by atoms with van der Waals surface area (Å²) in [5.74, 6) is -3.07. The molecule has 2 saturated heterocycles. The Morgan fingerprint density at radius 1 is 1.12 bits per heavy atom. The molecule has 2 aromatic carbocycles. The van der Waals surface area contributed by atoms with Crippen LogP contribution in [-0.2, 0) is 24.7 Å². The van der Waals surface area contributed by atoms with Crippen LogP contribution < -0.4 is 10.6 Å². The van der Waals surface area contributed by atoms with Crippen LogP contribution >= 0.6 is 11.6 Å². The monoisotopic (exact) mass is 469 g/mol. The topological polar surface area (TPSA) is 108 Å². The number of hydrogen-bond donors (Lipinski definition) is 3. The van der Waals surface area contributed by atoms with E-state index >= 15 is 0 Å². The number of carbonyl (C=O) groups excluding carboxylic acids is 3. The summed E-state index contributed by atoms with van der Waals surface area (Å²) in [5, 5.41) is 17.9. The Morgan fingerprint density at radius 3 is 2.58 bits per heavy atom. The van der Waals surface area contributed by atoms with Crippen molar-refractivity contribution in [2.75, 3.05) is 25.6 Å². The molecule has 3 N–H and O–H groups in total. The van der Waals surface area contributed by atoms with Gasteiger partial charge in [-0.3, -0.25) is 24.6 Å². The number of nitrogens with zero attached hydrogens (tertiary/aromatic N) is 1. The molecule has 33 heavy (non-hydrogen) atoms. The van der Waals surface area contributed by atoms with Gasteiger partial charge in [-0.25, -0.2) is 0 Å². The molecule has 0 saturated carbocycles. The van der Waals surface area contributed by atoms with E-state index in [1.165, 1.54) is 4.90 Å². The Balaban J connectivity index is 1.60. The van der Waals surface area contributed by atoms with E-state index in [9.17, 15) is 19.5 Å². The van der Waals surface area contributed by atoms with Crippen LogP contribution in [0.3, 0.4) is 0 Å². The number of para-hydroxylation sites is 1. The second kappa shape index (κ2) is 8.22. The van der Waals surface area contributed by atoms with Crippen LogP contribution in [0, 0.1) is 11.8 Å². The second-order valence-corrected chi connectivity index (χ2v) is 9.09. The Labute approximate surface area is 195 Å². The summed E-state index contributed by atoms with van der Waals surface area (Å²) < 4.78 is 5.07. The molecule has 5 rings (SSSR count). The lowest BCUT2D eigenvalue weighted by atomic mass is 9.76. The van der Waals surface area contributed by atoms with Crippen LogP contribution in [0.1, 0.15) is 23.7 Å². The number of likely N-dealkylation sites (tertiary alicyclic amines) is 1. The smallest absolute Gasteiger partial charge is 0.250 e. The lowest BCUT2D eigenvalue weighted by Gasteiger charge is -2.30. The zero-order chi connectivity index (χ0) is 23.3. The van der Waals surface area contributed by atoms with Crippen LogP contribution in [0.2, 0.25) is 5.02 Å². The highest BCUT2D eigenvalue weighted by molar-refractivity contribution is 6.30. The summed E-state index contributed by atoms with van der Waals surface area (Å²) in [4.78, 5) is 41.7. The van der Waals surface area contributed by atoms with Gasteiger partial charge in [0.2, 0.25) is 17.7 Å². The number of nitrogens with one attached hydrogen (secondary N) is 2. The average molecular weight is 470 g/mol. The van der Waals surface area contributed by atoms with E-state index in [-0.39, 0.29) is 12.5 Å². The van der Waals surface area contributed by atoms with Gasteiger partial charge in [-0.2, -0.15) is 0 Å². The number of methoxy groups -OCH3 is 1. The first-order valence-corrected chi connectivity index (χ1v) is 11.2. The number of hydrogen-bond acceptors (Lipinski definition) is 6. The molecule has 3 aliphatic heterocycles. The molecule has 3 heterocycles. The van der Waals surface area contributed by atoms with E-state index in [4.69, 9.17) is 16.3 Å². The number of aliphatic hydroxyl groups is 1. The van der Waals surface area contributed by atoms with Gasteiger partial charge in [-0.05, 0) is 30.2 Å². The number of aliphatic hydroxyl groups excluding tert-OH is 1. The number of ether oxygens (including phenoxy) is 1. The number of carbonyl (C=O) groups is 3. The van der Waals surface area contributed by atoms with Gasteiger partial charge < -0.3 is 15.2 Å². The van der Waals surface area contributed by atoms with Crippen molar-refractivity contribution < 1.29 is 24.2 Å². The summed E-state index contributed by atoms with van der Waals surface area (Å²) in [7, 11) is 1.56. The van der Waals surface area contributed by atoms with Crippen molar-refractivity contribution in [3.05, 3.63) is 64.7 Å². The van der Waals surface area contributed by atoms with Gasteiger partial charge in [0.1, 0.15) is 5.54 Å². The van der Waals surface area contributed by atoms with E-state index in [0.717, 1.165) is 0 Å². The van der Waals surface area contributed by atoms with Crippen LogP contribution in [0.25, 0.3) is 0 Å². The zero-order valence-electron chi connectivity index (χ0n) is 18.0. The van der Waals surface area contributed by atoms with Crippen molar-refractivity contribution in [1.29, 1.82) is 0 Å². The van der Waals surface area contributed by atoms with Gasteiger partial charge in [0.05, 0.1) is 24.0 Å². The van der Waals surface area contributed by atoms with E-state index in [1.54, 1.807) is 55.6 Å². The maximum atomic E-state index is 13.6. The number of imide groups is 1. The molecule has 172 valence electrons. The largest absolute Gasteiger partial charge is 0.387 e. The highest BCUT2D eigenvalue weighted by atomic mass is 35.5. The van der Waals surface area contributed by atoms with Gasteiger partial charge in [0.25, 0.3) is 0 Å². The third-order valence-electron chi connectivity index (χ3n) is 6.93. The Kier molecular flexibility index (Phi) is 5.49. The molecule has 9 heteroatoms. The molecule has 0 radical (unpaired) electrons. The minimum atomic E-state index is -1.44. The van der Waals surface area contributed by atoms with Crippen LogP contribution in [-0.4, -0.2) is 54.0 Å². The molecule has 2 fully saturated rings. The maximum Gasteiger partial charge on any atom is 0.250 e. The van der Waals surface area contributed by atoms with Crippen LogP contribution in [0.4, 0.5) is 5.69 Å². The third-order valence-corrected chi connectivity index (χ3v) is 7.18. The normalized spacial score (nSPS) is 28.9. The molecule has 3 amide bonds. The van der Waals surface area contributed by atoms with E-state index in [2.05, 4.69) is 10.6 Å².